The van der Waals surface area contributed by atoms with Crippen molar-refractivity contribution >= 4 is 23.2 Å². The lowest BCUT2D eigenvalue weighted by molar-refractivity contribution is -0.274. The first-order valence-corrected chi connectivity index (χ1v) is 11.5. The van der Waals surface area contributed by atoms with E-state index in [1.54, 1.807) is 18.2 Å². The van der Waals surface area contributed by atoms with Crippen molar-refractivity contribution < 1.29 is 27.9 Å². The molecule has 2 aromatic rings. The number of para-hydroxylation sites is 1. The van der Waals surface area contributed by atoms with Crippen LogP contribution in [-0.4, -0.2) is 67.0 Å². The lowest BCUT2D eigenvalue weighted by atomic mass is 10.0. The van der Waals surface area contributed by atoms with Gasteiger partial charge in [0.2, 0.25) is 5.91 Å². The van der Waals surface area contributed by atoms with Gasteiger partial charge >= 0.3 is 6.36 Å². The van der Waals surface area contributed by atoms with E-state index in [0.29, 0.717) is 30.8 Å². The molecule has 186 valence electrons. The van der Waals surface area contributed by atoms with Crippen molar-refractivity contribution in [2.45, 2.75) is 38.1 Å². The number of hydroxylamine groups is 1. The molecule has 1 atom stereocenters. The number of amides is 1. The number of likely N-dealkylation sites (tertiary alicyclic amines) is 1. The highest BCUT2D eigenvalue weighted by Gasteiger charge is 2.32. The number of piperidine rings is 1. The Labute approximate surface area is 202 Å². The number of rotatable bonds is 8. The minimum absolute atomic E-state index is 0.0569. The van der Waals surface area contributed by atoms with E-state index in [2.05, 4.69) is 4.74 Å². The Morgan fingerprint density at radius 2 is 1.91 bits per heavy atom. The van der Waals surface area contributed by atoms with Gasteiger partial charge in [0, 0.05) is 30.6 Å². The number of carbonyl (C=O) groups is 1. The molecular weight excluding hydrogens is 471 g/mol. The molecule has 1 heterocycles. The van der Waals surface area contributed by atoms with Crippen LogP contribution in [0.1, 0.15) is 25.7 Å². The first-order chi connectivity index (χ1) is 16.0. The van der Waals surface area contributed by atoms with Crippen LogP contribution in [0.4, 0.5) is 18.9 Å². The maximum Gasteiger partial charge on any atom is 0.573 e. The van der Waals surface area contributed by atoms with Gasteiger partial charge in [-0.15, -0.1) is 13.2 Å². The molecule has 0 bridgehead atoms. The predicted octanol–water partition coefficient (Wildman–Crippen LogP) is 5.43. The molecular formula is C24H29ClF3N3O3. The highest BCUT2D eigenvalue weighted by Crippen LogP contribution is 2.38. The van der Waals surface area contributed by atoms with Crippen LogP contribution < -0.4 is 9.80 Å². The second-order valence-corrected chi connectivity index (χ2v) is 8.99. The average Bonchev–Trinajstić information content (AvgIpc) is 2.77. The van der Waals surface area contributed by atoms with Crippen molar-refractivity contribution in [3.8, 4) is 16.9 Å². The minimum Gasteiger partial charge on any atom is -0.405 e. The molecule has 1 aliphatic heterocycles. The fourth-order valence-electron chi connectivity index (χ4n) is 4.07. The van der Waals surface area contributed by atoms with Crippen LogP contribution in [0.2, 0.25) is 5.02 Å². The Morgan fingerprint density at radius 3 is 2.59 bits per heavy atom. The molecule has 2 aromatic carbocycles. The Bertz CT molecular complexity index is 987. The van der Waals surface area contributed by atoms with Crippen LogP contribution in [0, 0.1) is 0 Å². The molecule has 1 unspecified atom stereocenters. The summed E-state index contributed by atoms with van der Waals surface area (Å²) in [6.07, 6.45) is -1.75. The largest absolute Gasteiger partial charge is 0.573 e. The number of benzene rings is 2. The van der Waals surface area contributed by atoms with E-state index >= 15 is 0 Å². The number of ether oxygens (including phenoxy) is 1. The van der Waals surface area contributed by atoms with Gasteiger partial charge in [-0.25, -0.2) is 0 Å². The summed E-state index contributed by atoms with van der Waals surface area (Å²) in [5, 5.41) is 11.9. The van der Waals surface area contributed by atoms with Crippen molar-refractivity contribution in [3.05, 3.63) is 47.5 Å². The summed E-state index contributed by atoms with van der Waals surface area (Å²) < 4.78 is 42.5. The van der Waals surface area contributed by atoms with Gasteiger partial charge in [-0.05, 0) is 51.6 Å². The molecule has 0 saturated carbocycles. The first-order valence-electron chi connectivity index (χ1n) is 11.1. The van der Waals surface area contributed by atoms with E-state index in [9.17, 15) is 23.2 Å². The topological polar surface area (TPSA) is 56.3 Å². The third kappa shape index (κ3) is 7.01. The van der Waals surface area contributed by atoms with Crippen LogP contribution in [0.25, 0.3) is 11.1 Å². The summed E-state index contributed by atoms with van der Waals surface area (Å²) >= 11 is 6.40. The number of alkyl halides is 3. The second kappa shape index (κ2) is 11.3. The molecule has 6 nitrogen and oxygen atoms in total. The normalized spacial score (nSPS) is 16.6. The molecule has 0 radical (unpaired) electrons. The van der Waals surface area contributed by atoms with Crippen LogP contribution >= 0.6 is 11.6 Å². The Hall–Kier alpha value is -2.49. The highest BCUT2D eigenvalue weighted by atomic mass is 35.5. The molecule has 1 amide bonds. The van der Waals surface area contributed by atoms with Crippen LogP contribution in [0.3, 0.4) is 0 Å². The van der Waals surface area contributed by atoms with Crippen molar-refractivity contribution in [1.29, 1.82) is 0 Å². The maximum atomic E-state index is 12.8. The second-order valence-electron chi connectivity index (χ2n) is 8.58. The zero-order chi connectivity index (χ0) is 24.9. The van der Waals surface area contributed by atoms with Gasteiger partial charge in [0.25, 0.3) is 0 Å². The summed E-state index contributed by atoms with van der Waals surface area (Å²) in [6.45, 7) is 1.51. The Kier molecular flexibility index (Phi) is 8.67. The summed E-state index contributed by atoms with van der Waals surface area (Å²) in [4.78, 5) is 16.5. The van der Waals surface area contributed by atoms with Gasteiger partial charge in [-0.1, -0.05) is 35.9 Å². The highest BCUT2D eigenvalue weighted by molar-refractivity contribution is 6.33. The third-order valence-corrected chi connectivity index (χ3v) is 6.07. The van der Waals surface area contributed by atoms with Crippen molar-refractivity contribution in [1.82, 2.24) is 9.80 Å². The average molecular weight is 500 g/mol. The summed E-state index contributed by atoms with van der Waals surface area (Å²) in [5.74, 6) is -0.305. The molecule has 1 fully saturated rings. The number of hydrogen-bond acceptors (Lipinski definition) is 5. The fourth-order valence-corrected chi connectivity index (χ4v) is 4.35. The predicted molar refractivity (Wildman–Crippen MR) is 125 cm³/mol. The maximum absolute atomic E-state index is 12.8. The van der Waals surface area contributed by atoms with E-state index in [4.69, 9.17) is 11.6 Å². The molecule has 0 aromatic heterocycles. The lowest BCUT2D eigenvalue weighted by Crippen LogP contribution is -2.49. The molecule has 34 heavy (non-hydrogen) atoms. The summed E-state index contributed by atoms with van der Waals surface area (Å²) in [7, 11) is 3.83. The van der Waals surface area contributed by atoms with Crippen molar-refractivity contribution in [2.24, 2.45) is 0 Å². The lowest BCUT2D eigenvalue weighted by Gasteiger charge is -2.38. The van der Waals surface area contributed by atoms with Gasteiger partial charge < -0.3 is 14.5 Å². The zero-order valence-corrected chi connectivity index (χ0v) is 19.9. The van der Waals surface area contributed by atoms with Crippen molar-refractivity contribution in [3.63, 3.8) is 0 Å². The number of hydrogen-bond donors (Lipinski definition) is 1. The molecule has 1 N–H and O–H groups in total. The number of nitrogens with zero attached hydrogens (tertiary/aromatic N) is 3. The smallest absolute Gasteiger partial charge is 0.405 e. The van der Waals surface area contributed by atoms with Gasteiger partial charge in [0.05, 0.1) is 23.3 Å². The molecule has 1 aliphatic rings. The quantitative estimate of drug-likeness (QED) is 0.490. The van der Waals surface area contributed by atoms with Gasteiger partial charge in [0.1, 0.15) is 5.75 Å². The standard InChI is InChI=1S/C24H29ClF3N3O3/c1-29(2)14-12-23(32)30-13-6-5-7-18(30)16-31(33)17-10-11-19(21(25)15-17)20-8-3-4-9-22(20)34-24(26,27)28/h3-4,8-11,15,18,33H,5-7,12-14,16H2,1-2H3. The first kappa shape index (κ1) is 26.1. The molecule has 3 rings (SSSR count). The van der Waals surface area contributed by atoms with Crippen LogP contribution in [0.5, 0.6) is 5.75 Å². The van der Waals surface area contributed by atoms with Crippen LogP contribution in [0.15, 0.2) is 42.5 Å². The monoisotopic (exact) mass is 499 g/mol. The van der Waals surface area contributed by atoms with Crippen molar-refractivity contribution in [2.75, 3.05) is 38.8 Å². The van der Waals surface area contributed by atoms with E-state index in [-0.39, 0.29) is 34.8 Å². The van der Waals surface area contributed by atoms with E-state index < -0.39 is 6.36 Å². The number of carbonyl (C=O) groups excluding carboxylic acids is 1. The van der Waals surface area contributed by atoms with E-state index in [1.165, 1.54) is 24.3 Å². The molecule has 10 heteroatoms. The number of halogens is 4. The minimum atomic E-state index is -4.83. The summed E-state index contributed by atoms with van der Waals surface area (Å²) in [6, 6.07) is 10.2. The molecule has 0 spiro atoms. The van der Waals surface area contributed by atoms with Gasteiger partial charge in [0.15, 0.2) is 0 Å². The molecule has 1 saturated heterocycles. The fraction of sp³-hybridized carbons (Fsp3) is 0.458. The van der Waals surface area contributed by atoms with E-state index in [1.807, 2.05) is 23.9 Å². The van der Waals surface area contributed by atoms with E-state index in [0.717, 1.165) is 24.3 Å². The third-order valence-electron chi connectivity index (χ3n) is 5.76. The summed E-state index contributed by atoms with van der Waals surface area (Å²) in [5.41, 5.74) is 0.914. The molecule has 0 aliphatic carbocycles. The number of anilines is 1. The van der Waals surface area contributed by atoms with Crippen LogP contribution in [-0.2, 0) is 4.79 Å². The Balaban J connectivity index is 1.75. The van der Waals surface area contributed by atoms with Gasteiger partial charge in [-0.2, -0.15) is 0 Å². The SMILES string of the molecule is CN(C)CCC(=O)N1CCCCC1CN(O)c1ccc(-c2ccccc2OC(F)(F)F)c(Cl)c1. The van der Waals surface area contributed by atoms with Gasteiger partial charge in [-0.3, -0.25) is 15.1 Å². The zero-order valence-electron chi connectivity index (χ0n) is 19.2. The Morgan fingerprint density at radius 1 is 1.18 bits per heavy atom.